The lowest BCUT2D eigenvalue weighted by molar-refractivity contribution is -0.385. The molecule has 0 aliphatic heterocycles. The summed E-state index contributed by atoms with van der Waals surface area (Å²) >= 11 is 0. The smallest absolute Gasteiger partial charge is 0.273 e. The van der Waals surface area contributed by atoms with Crippen LogP contribution in [0.5, 0.6) is 0 Å². The number of para-hydroxylation sites is 1. The second kappa shape index (κ2) is 7.21. The van der Waals surface area contributed by atoms with Gasteiger partial charge in [0.05, 0.1) is 4.92 Å². The minimum absolute atomic E-state index is 0.129. The number of nitro groups is 1. The molecule has 0 heterocycles. The van der Waals surface area contributed by atoms with Gasteiger partial charge in [-0.1, -0.05) is 32.0 Å². The number of hydrogen-bond donors (Lipinski definition) is 2. The van der Waals surface area contributed by atoms with Gasteiger partial charge in [-0.2, -0.15) is 0 Å². The van der Waals surface area contributed by atoms with Gasteiger partial charge in [0.1, 0.15) is 0 Å². The second-order valence-electron chi connectivity index (χ2n) is 4.85. The van der Waals surface area contributed by atoms with Crippen molar-refractivity contribution in [1.29, 1.82) is 0 Å². The molecule has 2 N–H and O–H groups in total. The lowest BCUT2D eigenvalue weighted by Gasteiger charge is -2.29. The van der Waals surface area contributed by atoms with Crippen molar-refractivity contribution in [2.45, 2.75) is 33.2 Å². The molecule has 0 bridgehead atoms. The van der Waals surface area contributed by atoms with Gasteiger partial charge >= 0.3 is 0 Å². The second-order valence-corrected chi connectivity index (χ2v) is 4.85. The summed E-state index contributed by atoms with van der Waals surface area (Å²) in [6.07, 6.45) is 1.76. The van der Waals surface area contributed by atoms with Gasteiger partial charge in [0.15, 0.2) is 0 Å². The highest BCUT2D eigenvalue weighted by atomic mass is 16.6. The van der Waals surface area contributed by atoms with Gasteiger partial charge in [0.2, 0.25) is 0 Å². The van der Waals surface area contributed by atoms with Gasteiger partial charge in [-0.15, -0.1) is 0 Å². The number of aliphatic hydroxyl groups is 1. The molecular formula is C14H22N2O3. The average molecular weight is 266 g/mol. The largest absolute Gasteiger partial charge is 0.396 e. The third-order valence-electron chi connectivity index (χ3n) is 3.84. The summed E-state index contributed by atoms with van der Waals surface area (Å²) in [5, 5.41) is 23.6. The van der Waals surface area contributed by atoms with E-state index >= 15 is 0 Å². The van der Waals surface area contributed by atoms with Crippen molar-refractivity contribution < 1.29 is 10.0 Å². The Bertz CT molecular complexity index is 409. The molecular weight excluding hydrogens is 244 g/mol. The maximum absolute atomic E-state index is 10.9. The Hall–Kier alpha value is -1.46. The Morgan fingerprint density at radius 1 is 1.32 bits per heavy atom. The highest BCUT2D eigenvalue weighted by Crippen LogP contribution is 2.25. The molecule has 19 heavy (non-hydrogen) atoms. The van der Waals surface area contributed by atoms with Gasteiger partial charge in [0, 0.05) is 36.7 Å². The van der Waals surface area contributed by atoms with E-state index in [1.165, 1.54) is 6.07 Å². The topological polar surface area (TPSA) is 75.4 Å². The van der Waals surface area contributed by atoms with Gasteiger partial charge in [0.25, 0.3) is 5.69 Å². The zero-order valence-corrected chi connectivity index (χ0v) is 11.6. The number of rotatable bonds is 8. The molecule has 0 unspecified atom stereocenters. The van der Waals surface area contributed by atoms with Crippen LogP contribution in [-0.2, 0) is 6.54 Å². The van der Waals surface area contributed by atoms with Crippen LogP contribution in [0.2, 0.25) is 0 Å². The van der Waals surface area contributed by atoms with E-state index in [9.17, 15) is 15.2 Å². The predicted molar refractivity (Wildman–Crippen MR) is 74.9 cm³/mol. The first-order valence-electron chi connectivity index (χ1n) is 6.62. The molecule has 106 valence electrons. The quantitative estimate of drug-likeness (QED) is 0.560. The van der Waals surface area contributed by atoms with E-state index in [0.29, 0.717) is 18.7 Å². The summed E-state index contributed by atoms with van der Waals surface area (Å²) in [7, 11) is 0. The Balaban J connectivity index is 2.65. The van der Waals surface area contributed by atoms with Crippen LogP contribution >= 0.6 is 0 Å². The monoisotopic (exact) mass is 266 g/mol. The molecule has 1 aromatic rings. The van der Waals surface area contributed by atoms with E-state index in [4.69, 9.17) is 0 Å². The number of hydrogen-bond acceptors (Lipinski definition) is 4. The van der Waals surface area contributed by atoms with Crippen molar-refractivity contribution in [2.24, 2.45) is 5.41 Å². The maximum atomic E-state index is 10.9. The summed E-state index contributed by atoms with van der Waals surface area (Å²) in [6.45, 7) is 5.32. The van der Waals surface area contributed by atoms with Crippen LogP contribution in [0.25, 0.3) is 0 Å². The highest BCUT2D eigenvalue weighted by molar-refractivity contribution is 5.39. The van der Waals surface area contributed by atoms with E-state index in [-0.39, 0.29) is 22.6 Å². The van der Waals surface area contributed by atoms with Crippen LogP contribution in [0, 0.1) is 15.5 Å². The van der Waals surface area contributed by atoms with Gasteiger partial charge in [-0.3, -0.25) is 10.1 Å². The number of nitrogens with zero attached hydrogens (tertiary/aromatic N) is 1. The lowest BCUT2D eigenvalue weighted by atomic mass is 9.83. The van der Waals surface area contributed by atoms with Crippen LogP contribution in [0.3, 0.4) is 0 Å². The molecule has 0 saturated carbocycles. The normalized spacial score (nSPS) is 11.5. The number of nitro benzene ring substituents is 1. The first-order chi connectivity index (χ1) is 9.08. The predicted octanol–water partition coefficient (Wildman–Crippen LogP) is 2.48. The number of benzene rings is 1. The van der Waals surface area contributed by atoms with Crippen molar-refractivity contribution in [3.05, 3.63) is 39.9 Å². The zero-order valence-electron chi connectivity index (χ0n) is 11.6. The van der Waals surface area contributed by atoms with Crippen LogP contribution in [0.15, 0.2) is 24.3 Å². The minimum Gasteiger partial charge on any atom is -0.396 e. The molecule has 0 amide bonds. The third-order valence-corrected chi connectivity index (χ3v) is 3.84. The maximum Gasteiger partial charge on any atom is 0.273 e. The molecule has 0 radical (unpaired) electrons. The fourth-order valence-electron chi connectivity index (χ4n) is 2.08. The molecule has 5 nitrogen and oxygen atoms in total. The van der Waals surface area contributed by atoms with E-state index in [0.717, 1.165) is 12.8 Å². The minimum atomic E-state index is -0.365. The van der Waals surface area contributed by atoms with Crippen molar-refractivity contribution >= 4 is 5.69 Å². The number of aliphatic hydroxyl groups excluding tert-OH is 1. The molecule has 0 aliphatic carbocycles. The van der Waals surface area contributed by atoms with Gasteiger partial charge in [-0.25, -0.2) is 0 Å². The van der Waals surface area contributed by atoms with Crippen molar-refractivity contribution in [3.8, 4) is 0 Å². The van der Waals surface area contributed by atoms with Crippen molar-refractivity contribution in [1.82, 2.24) is 5.32 Å². The first-order valence-corrected chi connectivity index (χ1v) is 6.62. The lowest BCUT2D eigenvalue weighted by Crippen LogP contribution is -2.36. The van der Waals surface area contributed by atoms with E-state index in [1.54, 1.807) is 18.2 Å². The molecule has 0 aliphatic rings. The highest BCUT2D eigenvalue weighted by Gasteiger charge is 2.24. The number of nitrogens with one attached hydrogen (secondary N) is 1. The fraction of sp³-hybridized carbons (Fsp3) is 0.571. The van der Waals surface area contributed by atoms with E-state index in [2.05, 4.69) is 5.32 Å². The zero-order chi connectivity index (χ0) is 14.3. The van der Waals surface area contributed by atoms with Crippen LogP contribution in [0.4, 0.5) is 5.69 Å². The molecule has 0 aromatic heterocycles. The van der Waals surface area contributed by atoms with Crippen LogP contribution in [-0.4, -0.2) is 23.2 Å². The van der Waals surface area contributed by atoms with Gasteiger partial charge < -0.3 is 10.4 Å². The summed E-state index contributed by atoms with van der Waals surface area (Å²) in [4.78, 5) is 10.5. The Morgan fingerprint density at radius 2 is 1.95 bits per heavy atom. The Labute approximate surface area is 113 Å². The standard InChI is InChI=1S/C14H22N2O3/c1-3-14(4-2,11-17)10-15-9-12-7-5-6-8-13(12)16(18)19/h5-8,15,17H,3-4,9-11H2,1-2H3. The average Bonchev–Trinajstić information content (AvgIpc) is 2.44. The van der Waals surface area contributed by atoms with E-state index < -0.39 is 0 Å². The SMILES string of the molecule is CCC(CC)(CO)CNCc1ccccc1[N+](=O)[O-]. The Morgan fingerprint density at radius 3 is 2.47 bits per heavy atom. The molecule has 1 aromatic carbocycles. The van der Waals surface area contributed by atoms with E-state index in [1.807, 2.05) is 13.8 Å². The summed E-state index contributed by atoms with van der Waals surface area (Å²) < 4.78 is 0. The van der Waals surface area contributed by atoms with Crippen molar-refractivity contribution in [3.63, 3.8) is 0 Å². The third kappa shape index (κ3) is 4.01. The molecule has 0 atom stereocenters. The summed E-state index contributed by atoms with van der Waals surface area (Å²) in [6, 6.07) is 6.72. The molecule has 1 rings (SSSR count). The van der Waals surface area contributed by atoms with Crippen molar-refractivity contribution in [2.75, 3.05) is 13.2 Å². The molecule has 0 saturated heterocycles. The van der Waals surface area contributed by atoms with Crippen LogP contribution in [0.1, 0.15) is 32.3 Å². The first kappa shape index (κ1) is 15.6. The van der Waals surface area contributed by atoms with Crippen LogP contribution < -0.4 is 5.32 Å². The Kier molecular flexibility index (Phi) is 5.92. The summed E-state index contributed by atoms with van der Waals surface area (Å²) in [5.41, 5.74) is 0.674. The molecule has 5 heteroatoms. The molecule has 0 spiro atoms. The summed E-state index contributed by atoms with van der Waals surface area (Å²) in [5.74, 6) is 0. The molecule has 0 fully saturated rings. The fourth-order valence-corrected chi connectivity index (χ4v) is 2.08. The van der Waals surface area contributed by atoms with Gasteiger partial charge in [-0.05, 0) is 12.8 Å².